The maximum absolute atomic E-state index is 13.4. The quantitative estimate of drug-likeness (QED) is 0.882. The van der Waals surface area contributed by atoms with Crippen LogP contribution in [0.3, 0.4) is 0 Å². The lowest BCUT2D eigenvalue weighted by molar-refractivity contribution is 0.549. The molecule has 0 spiro atoms. The summed E-state index contributed by atoms with van der Waals surface area (Å²) < 4.78 is 26.8. The molecule has 0 aromatic heterocycles. The molecule has 0 saturated carbocycles. The first kappa shape index (κ1) is 13.3. The summed E-state index contributed by atoms with van der Waals surface area (Å²) in [6, 6.07) is 10.1. The fraction of sp³-hybridized carbons (Fsp3) is 0.294. The second-order valence-electron chi connectivity index (χ2n) is 5.18. The topological polar surface area (TPSA) is 12.0 Å². The minimum atomic E-state index is -0.529. The summed E-state index contributed by atoms with van der Waals surface area (Å²) in [4.78, 5) is 0. The molecular weight excluding hydrogens is 256 g/mol. The first-order valence-corrected chi connectivity index (χ1v) is 7.00. The van der Waals surface area contributed by atoms with Crippen LogP contribution in [0.15, 0.2) is 36.4 Å². The Morgan fingerprint density at radius 3 is 2.60 bits per heavy atom. The lowest BCUT2D eigenvalue weighted by Crippen LogP contribution is -2.18. The van der Waals surface area contributed by atoms with Crippen molar-refractivity contribution in [3.8, 4) is 11.1 Å². The van der Waals surface area contributed by atoms with E-state index in [9.17, 15) is 8.78 Å². The van der Waals surface area contributed by atoms with Crippen LogP contribution in [0.1, 0.15) is 30.5 Å². The van der Waals surface area contributed by atoms with Crippen molar-refractivity contribution < 1.29 is 8.78 Å². The van der Waals surface area contributed by atoms with Crippen LogP contribution in [0.25, 0.3) is 11.1 Å². The van der Waals surface area contributed by atoms with Crippen molar-refractivity contribution in [1.82, 2.24) is 5.32 Å². The van der Waals surface area contributed by atoms with Crippen molar-refractivity contribution in [2.45, 2.75) is 25.8 Å². The molecule has 104 valence electrons. The van der Waals surface area contributed by atoms with Crippen LogP contribution in [-0.4, -0.2) is 6.54 Å². The highest BCUT2D eigenvalue weighted by Gasteiger charge is 2.24. The van der Waals surface area contributed by atoms with E-state index in [0.29, 0.717) is 11.6 Å². The third-order valence-electron chi connectivity index (χ3n) is 3.89. The molecule has 2 aromatic rings. The van der Waals surface area contributed by atoms with Crippen molar-refractivity contribution in [3.05, 3.63) is 59.2 Å². The molecule has 1 aliphatic carbocycles. The Morgan fingerprint density at radius 1 is 1.15 bits per heavy atom. The van der Waals surface area contributed by atoms with E-state index in [2.05, 4.69) is 18.3 Å². The van der Waals surface area contributed by atoms with E-state index < -0.39 is 11.6 Å². The Labute approximate surface area is 117 Å². The van der Waals surface area contributed by atoms with Crippen LogP contribution in [-0.2, 0) is 6.42 Å². The largest absolute Gasteiger partial charge is 0.310 e. The van der Waals surface area contributed by atoms with Crippen LogP contribution in [0.4, 0.5) is 8.78 Å². The number of hydrogen-bond acceptors (Lipinski definition) is 1. The van der Waals surface area contributed by atoms with Gasteiger partial charge in [-0.2, -0.15) is 0 Å². The average molecular weight is 273 g/mol. The Bertz CT molecular complexity index is 617. The van der Waals surface area contributed by atoms with Gasteiger partial charge in [0.05, 0.1) is 0 Å². The van der Waals surface area contributed by atoms with E-state index in [-0.39, 0.29) is 0 Å². The minimum Gasteiger partial charge on any atom is -0.310 e. The van der Waals surface area contributed by atoms with Crippen LogP contribution in [0.2, 0.25) is 0 Å². The van der Waals surface area contributed by atoms with Gasteiger partial charge in [0.2, 0.25) is 0 Å². The Morgan fingerprint density at radius 2 is 1.90 bits per heavy atom. The average Bonchev–Trinajstić information content (AvgIpc) is 2.81. The predicted octanol–water partition coefficient (Wildman–Crippen LogP) is 4.23. The van der Waals surface area contributed by atoms with Crippen LogP contribution >= 0.6 is 0 Å². The molecule has 0 radical (unpaired) electrons. The van der Waals surface area contributed by atoms with Gasteiger partial charge in [-0.05, 0) is 53.8 Å². The van der Waals surface area contributed by atoms with Crippen LogP contribution in [0, 0.1) is 11.6 Å². The number of benzene rings is 2. The smallest absolute Gasteiger partial charge is 0.126 e. The predicted molar refractivity (Wildman–Crippen MR) is 76.5 cm³/mol. The van der Waals surface area contributed by atoms with Gasteiger partial charge in [-0.15, -0.1) is 0 Å². The van der Waals surface area contributed by atoms with Gasteiger partial charge in [-0.1, -0.05) is 25.1 Å². The molecule has 1 nitrogen and oxygen atoms in total. The third kappa shape index (κ3) is 2.34. The van der Waals surface area contributed by atoms with Gasteiger partial charge < -0.3 is 5.32 Å². The highest BCUT2D eigenvalue weighted by molar-refractivity contribution is 5.70. The zero-order valence-electron chi connectivity index (χ0n) is 11.4. The minimum absolute atomic E-state index is 0.355. The lowest BCUT2D eigenvalue weighted by atomic mass is 9.96. The Kier molecular flexibility index (Phi) is 3.53. The van der Waals surface area contributed by atoms with Crippen molar-refractivity contribution in [1.29, 1.82) is 0 Å². The molecule has 0 heterocycles. The third-order valence-corrected chi connectivity index (χ3v) is 3.89. The molecule has 1 unspecified atom stereocenters. The molecule has 20 heavy (non-hydrogen) atoms. The Hall–Kier alpha value is -1.74. The van der Waals surface area contributed by atoms with Crippen molar-refractivity contribution in [2.75, 3.05) is 6.54 Å². The number of fused-ring (bicyclic) bond motifs is 1. The zero-order valence-corrected chi connectivity index (χ0v) is 11.4. The summed E-state index contributed by atoms with van der Waals surface area (Å²) in [5.41, 5.74) is 4.04. The fourth-order valence-electron chi connectivity index (χ4n) is 3.09. The van der Waals surface area contributed by atoms with E-state index >= 15 is 0 Å². The van der Waals surface area contributed by atoms with E-state index in [1.165, 1.54) is 23.3 Å². The second-order valence-corrected chi connectivity index (χ2v) is 5.18. The van der Waals surface area contributed by atoms with Crippen molar-refractivity contribution >= 4 is 0 Å². The normalized spacial score (nSPS) is 17.2. The van der Waals surface area contributed by atoms with Gasteiger partial charge in [0.25, 0.3) is 0 Å². The van der Waals surface area contributed by atoms with Gasteiger partial charge in [-0.3, -0.25) is 0 Å². The number of hydrogen-bond donors (Lipinski definition) is 1. The number of halogens is 2. The summed E-state index contributed by atoms with van der Waals surface area (Å²) >= 11 is 0. The number of nitrogens with one attached hydrogen (secondary N) is 1. The number of rotatable bonds is 3. The molecule has 0 saturated heterocycles. The van der Waals surface area contributed by atoms with Crippen molar-refractivity contribution in [3.63, 3.8) is 0 Å². The monoisotopic (exact) mass is 273 g/mol. The van der Waals surface area contributed by atoms with Crippen molar-refractivity contribution in [2.24, 2.45) is 0 Å². The van der Waals surface area contributed by atoms with E-state index in [4.69, 9.17) is 0 Å². The zero-order chi connectivity index (χ0) is 14.1. The molecule has 0 aliphatic heterocycles. The molecule has 0 fully saturated rings. The molecule has 0 amide bonds. The molecule has 3 heteroatoms. The maximum Gasteiger partial charge on any atom is 0.126 e. The molecule has 0 bridgehead atoms. The van der Waals surface area contributed by atoms with E-state index in [0.717, 1.165) is 31.0 Å². The maximum atomic E-state index is 13.4. The highest BCUT2D eigenvalue weighted by Crippen LogP contribution is 2.37. The summed E-state index contributed by atoms with van der Waals surface area (Å²) in [7, 11) is 0. The van der Waals surface area contributed by atoms with Gasteiger partial charge in [0.1, 0.15) is 11.6 Å². The lowest BCUT2D eigenvalue weighted by Gasteiger charge is -2.14. The van der Waals surface area contributed by atoms with Crippen LogP contribution < -0.4 is 5.32 Å². The van der Waals surface area contributed by atoms with E-state index in [1.807, 2.05) is 12.1 Å². The first-order chi connectivity index (χ1) is 9.69. The van der Waals surface area contributed by atoms with E-state index in [1.54, 1.807) is 0 Å². The summed E-state index contributed by atoms with van der Waals surface area (Å²) in [5, 5.41) is 3.45. The molecule has 2 aromatic carbocycles. The summed E-state index contributed by atoms with van der Waals surface area (Å²) in [6.07, 6.45) is 1.99. The highest BCUT2D eigenvalue weighted by atomic mass is 19.1. The van der Waals surface area contributed by atoms with Gasteiger partial charge in [-0.25, -0.2) is 8.78 Å². The first-order valence-electron chi connectivity index (χ1n) is 7.00. The molecular formula is C17H17F2N. The van der Waals surface area contributed by atoms with Gasteiger partial charge in [0, 0.05) is 12.1 Å². The van der Waals surface area contributed by atoms with Gasteiger partial charge >= 0.3 is 0 Å². The van der Waals surface area contributed by atoms with Gasteiger partial charge in [0.15, 0.2) is 0 Å². The molecule has 3 rings (SSSR count). The molecule has 1 aliphatic rings. The fourth-order valence-corrected chi connectivity index (χ4v) is 3.09. The van der Waals surface area contributed by atoms with Crippen LogP contribution in [0.5, 0.6) is 0 Å². The molecule has 1 atom stereocenters. The second kappa shape index (κ2) is 5.33. The SMILES string of the molecule is CCNC1CCc2c(-c3cc(F)cc(F)c3)cccc21. The Balaban J connectivity index is 2.08. The molecule has 1 N–H and O–H groups in total. The summed E-state index contributed by atoms with van der Waals surface area (Å²) in [6.45, 7) is 3.01. The standard InChI is InChI=1S/C17H17F2N/c1-2-20-17-7-6-15-14(4-3-5-16(15)17)11-8-12(18)10-13(19)9-11/h3-5,8-10,17,20H,2,6-7H2,1H3. The summed E-state index contributed by atoms with van der Waals surface area (Å²) in [5.74, 6) is -1.06.